The average molecular weight is 308 g/mol. The molecule has 0 aliphatic carbocycles. The lowest BCUT2D eigenvalue weighted by molar-refractivity contribution is 0.252. The van der Waals surface area contributed by atoms with Crippen molar-refractivity contribution in [1.29, 1.82) is 5.41 Å². The molecule has 0 saturated heterocycles. The van der Waals surface area contributed by atoms with Gasteiger partial charge in [-0.3, -0.25) is 5.41 Å². The summed E-state index contributed by atoms with van der Waals surface area (Å²) in [6, 6.07) is 11.0. The van der Waals surface area contributed by atoms with E-state index in [1.54, 1.807) is 35.2 Å². The predicted molar refractivity (Wildman–Crippen MR) is 77.7 cm³/mol. The molecule has 0 aromatic heterocycles. The molecule has 2 nitrogen and oxygen atoms in total. The quantitative estimate of drug-likeness (QED) is 0.846. The number of nitrogens with one attached hydrogen (secondary N) is 1. The third-order valence-corrected chi connectivity index (χ3v) is 4.07. The third-order valence-electron chi connectivity index (χ3n) is 3.30. The standard InChI is InChI=1S/C15H11F3N2S/c16-10-6-5-9-8-20(14(19)11(9)7-10)12-3-1-2-4-13(12)21-15(17)18/h1-7,15,19H,8H2. The molecule has 0 bridgehead atoms. The lowest BCUT2D eigenvalue weighted by atomic mass is 10.1. The van der Waals surface area contributed by atoms with Crippen LogP contribution in [0.15, 0.2) is 47.4 Å². The molecule has 21 heavy (non-hydrogen) atoms. The maximum absolute atomic E-state index is 13.3. The van der Waals surface area contributed by atoms with Gasteiger partial charge in [-0.2, -0.15) is 8.78 Å². The van der Waals surface area contributed by atoms with Crippen molar-refractivity contribution in [3.8, 4) is 0 Å². The van der Waals surface area contributed by atoms with Gasteiger partial charge in [0.2, 0.25) is 0 Å². The van der Waals surface area contributed by atoms with Crippen molar-refractivity contribution in [2.24, 2.45) is 0 Å². The molecule has 1 heterocycles. The molecule has 6 heteroatoms. The van der Waals surface area contributed by atoms with E-state index < -0.39 is 11.6 Å². The minimum atomic E-state index is -2.53. The largest absolute Gasteiger partial charge is 0.321 e. The summed E-state index contributed by atoms with van der Waals surface area (Å²) in [4.78, 5) is 2.03. The lowest BCUT2D eigenvalue weighted by Crippen LogP contribution is -2.23. The highest BCUT2D eigenvalue weighted by Crippen LogP contribution is 2.37. The van der Waals surface area contributed by atoms with Crippen molar-refractivity contribution in [3.05, 3.63) is 59.4 Å². The van der Waals surface area contributed by atoms with Crippen LogP contribution in [0.2, 0.25) is 0 Å². The van der Waals surface area contributed by atoms with Crippen molar-refractivity contribution >= 4 is 23.3 Å². The highest BCUT2D eigenvalue weighted by molar-refractivity contribution is 7.99. The van der Waals surface area contributed by atoms with Gasteiger partial charge >= 0.3 is 0 Å². The molecule has 0 amide bonds. The third kappa shape index (κ3) is 2.63. The molecule has 0 saturated carbocycles. The molecule has 1 N–H and O–H groups in total. The van der Waals surface area contributed by atoms with E-state index in [2.05, 4.69) is 0 Å². The minimum absolute atomic E-state index is 0.131. The van der Waals surface area contributed by atoms with Crippen molar-refractivity contribution < 1.29 is 13.2 Å². The Morgan fingerprint density at radius 1 is 1.14 bits per heavy atom. The molecule has 2 aromatic rings. The summed E-state index contributed by atoms with van der Waals surface area (Å²) in [6.07, 6.45) is 0. The van der Waals surface area contributed by atoms with Crippen LogP contribution in [-0.2, 0) is 6.54 Å². The van der Waals surface area contributed by atoms with Gasteiger partial charge < -0.3 is 4.90 Å². The number of alkyl halides is 2. The number of benzene rings is 2. The first-order valence-corrected chi connectivity index (χ1v) is 7.13. The SMILES string of the molecule is N=C1c2cc(F)ccc2CN1c1ccccc1SC(F)F. The number of para-hydroxylation sites is 1. The number of nitrogens with zero attached hydrogens (tertiary/aromatic N) is 1. The van der Waals surface area contributed by atoms with Crippen LogP contribution in [-0.4, -0.2) is 11.6 Å². The molecule has 1 aliphatic rings. The van der Waals surface area contributed by atoms with Crippen LogP contribution < -0.4 is 4.90 Å². The van der Waals surface area contributed by atoms with Gasteiger partial charge in [0.15, 0.2) is 0 Å². The Kier molecular flexibility index (Phi) is 3.63. The molecule has 0 fully saturated rings. The van der Waals surface area contributed by atoms with E-state index in [9.17, 15) is 13.2 Å². The van der Waals surface area contributed by atoms with E-state index in [4.69, 9.17) is 5.41 Å². The highest BCUT2D eigenvalue weighted by atomic mass is 32.2. The normalized spacial score (nSPS) is 13.9. The topological polar surface area (TPSA) is 27.1 Å². The Hall–Kier alpha value is -1.95. The second-order valence-electron chi connectivity index (χ2n) is 4.58. The number of amidine groups is 1. The highest BCUT2D eigenvalue weighted by Gasteiger charge is 2.27. The van der Waals surface area contributed by atoms with Crippen molar-refractivity contribution in [3.63, 3.8) is 0 Å². The lowest BCUT2D eigenvalue weighted by Gasteiger charge is -2.21. The summed E-state index contributed by atoms with van der Waals surface area (Å²) >= 11 is 0.450. The molecular weight excluding hydrogens is 297 g/mol. The number of thioether (sulfide) groups is 1. The Balaban J connectivity index is 1.99. The summed E-state index contributed by atoms with van der Waals surface area (Å²) < 4.78 is 38.6. The zero-order chi connectivity index (χ0) is 15.0. The van der Waals surface area contributed by atoms with Crippen LogP contribution >= 0.6 is 11.8 Å². The number of anilines is 1. The fraction of sp³-hybridized carbons (Fsp3) is 0.133. The maximum Gasteiger partial charge on any atom is 0.288 e. The zero-order valence-electron chi connectivity index (χ0n) is 10.8. The fourth-order valence-electron chi connectivity index (χ4n) is 2.38. The van der Waals surface area contributed by atoms with Crippen LogP contribution in [0, 0.1) is 11.2 Å². The van der Waals surface area contributed by atoms with Gasteiger partial charge in [0.25, 0.3) is 5.76 Å². The monoisotopic (exact) mass is 308 g/mol. The fourth-order valence-corrected chi connectivity index (χ4v) is 3.03. The molecule has 0 unspecified atom stereocenters. The first kappa shape index (κ1) is 14.0. The number of hydrogen-bond donors (Lipinski definition) is 1. The molecule has 2 aromatic carbocycles. The van der Waals surface area contributed by atoms with E-state index in [1.165, 1.54) is 12.1 Å². The predicted octanol–water partition coefficient (Wildman–Crippen LogP) is 4.49. The van der Waals surface area contributed by atoms with Crippen molar-refractivity contribution in [1.82, 2.24) is 0 Å². The van der Waals surface area contributed by atoms with Gasteiger partial charge in [0, 0.05) is 10.5 Å². The van der Waals surface area contributed by atoms with Gasteiger partial charge in [0.1, 0.15) is 11.7 Å². The molecular formula is C15H11F3N2S. The first-order valence-electron chi connectivity index (χ1n) is 6.25. The van der Waals surface area contributed by atoms with E-state index in [1.807, 2.05) is 0 Å². The second kappa shape index (κ2) is 5.44. The Labute approximate surface area is 124 Å². The van der Waals surface area contributed by atoms with Crippen LogP contribution in [0.25, 0.3) is 0 Å². The second-order valence-corrected chi connectivity index (χ2v) is 5.61. The van der Waals surface area contributed by atoms with Gasteiger partial charge in [-0.1, -0.05) is 30.0 Å². The molecule has 0 radical (unpaired) electrons. The average Bonchev–Trinajstić information content (AvgIpc) is 2.76. The van der Waals surface area contributed by atoms with Gasteiger partial charge in [-0.05, 0) is 29.8 Å². The molecule has 108 valence electrons. The zero-order valence-corrected chi connectivity index (χ0v) is 11.6. The number of rotatable bonds is 3. The molecule has 3 rings (SSSR count). The van der Waals surface area contributed by atoms with E-state index in [0.717, 1.165) is 5.56 Å². The number of hydrogen-bond acceptors (Lipinski definition) is 2. The molecule has 1 aliphatic heterocycles. The summed E-state index contributed by atoms with van der Waals surface area (Å²) in [5, 5.41) is 8.16. The summed E-state index contributed by atoms with van der Waals surface area (Å²) in [5.41, 5.74) is 1.87. The van der Waals surface area contributed by atoms with Crippen molar-refractivity contribution in [2.45, 2.75) is 17.2 Å². The Morgan fingerprint density at radius 2 is 1.90 bits per heavy atom. The van der Waals surface area contributed by atoms with E-state index in [-0.39, 0.29) is 5.84 Å². The Bertz CT molecular complexity index is 703. The summed E-state index contributed by atoms with van der Waals surface area (Å²) in [7, 11) is 0. The molecule has 0 atom stereocenters. The Morgan fingerprint density at radius 3 is 2.67 bits per heavy atom. The summed E-state index contributed by atoms with van der Waals surface area (Å²) in [6.45, 7) is 0.384. The van der Waals surface area contributed by atoms with Crippen LogP contribution in [0.1, 0.15) is 11.1 Å². The van der Waals surface area contributed by atoms with E-state index in [0.29, 0.717) is 34.5 Å². The maximum atomic E-state index is 13.3. The van der Waals surface area contributed by atoms with Gasteiger partial charge in [-0.25, -0.2) is 4.39 Å². The first-order chi connectivity index (χ1) is 10.1. The van der Waals surface area contributed by atoms with Crippen LogP contribution in [0.5, 0.6) is 0 Å². The van der Waals surface area contributed by atoms with Gasteiger partial charge in [0.05, 0.1) is 12.2 Å². The van der Waals surface area contributed by atoms with Crippen LogP contribution in [0.3, 0.4) is 0 Å². The minimum Gasteiger partial charge on any atom is -0.321 e. The van der Waals surface area contributed by atoms with E-state index >= 15 is 0 Å². The molecule has 0 spiro atoms. The van der Waals surface area contributed by atoms with Crippen molar-refractivity contribution in [2.75, 3.05) is 4.90 Å². The van der Waals surface area contributed by atoms with Gasteiger partial charge in [-0.15, -0.1) is 0 Å². The number of fused-ring (bicyclic) bond motifs is 1. The van der Waals surface area contributed by atoms with Crippen LogP contribution in [0.4, 0.5) is 18.9 Å². The smallest absolute Gasteiger partial charge is 0.288 e. The summed E-state index contributed by atoms with van der Waals surface area (Å²) in [5.74, 6) is -2.80. The number of halogens is 3.